The first-order valence-corrected chi connectivity index (χ1v) is 35.1. The highest BCUT2D eigenvalue weighted by molar-refractivity contribution is 8.00. The van der Waals surface area contributed by atoms with Crippen molar-refractivity contribution in [1.29, 1.82) is 0 Å². The Morgan fingerprint density at radius 3 is 1.31 bits per heavy atom. The van der Waals surface area contributed by atoms with Crippen LogP contribution in [0.1, 0.15) is 219 Å². The number of anilines is 2. The van der Waals surface area contributed by atoms with Crippen LogP contribution in [-0.2, 0) is 41.5 Å². The summed E-state index contributed by atoms with van der Waals surface area (Å²) in [4.78, 5) is 62.3. The minimum Gasteiger partial charge on any atom is -0.381 e. The molecule has 0 spiro atoms. The molecule has 9 N–H and O–H groups in total. The number of carbonyl (C=O) groups excluding carboxylic acids is 1. The minimum atomic E-state index is -5.12. The summed E-state index contributed by atoms with van der Waals surface area (Å²) >= 11 is 2.36. The topological polar surface area (TPSA) is 307 Å². The molecule has 84 heavy (non-hydrogen) atoms. The van der Waals surface area contributed by atoms with Gasteiger partial charge in [-0.15, -0.1) is 23.5 Å². The molecule has 0 aromatic carbocycles. The van der Waals surface area contributed by atoms with Crippen molar-refractivity contribution in [3.8, 4) is 0 Å². The van der Waals surface area contributed by atoms with Crippen LogP contribution >= 0.6 is 39.2 Å². The minimum absolute atomic E-state index is 0.0840. The lowest BCUT2D eigenvalue weighted by Gasteiger charge is -2.21. The van der Waals surface area contributed by atoms with E-state index in [-0.39, 0.29) is 31.4 Å². The quantitative estimate of drug-likeness (QED) is 0.0204. The second-order valence-corrected chi connectivity index (χ2v) is 26.6. The van der Waals surface area contributed by atoms with Gasteiger partial charge in [-0.05, 0) is 12.8 Å². The van der Waals surface area contributed by atoms with Gasteiger partial charge in [-0.1, -0.05) is 194 Å². The van der Waals surface area contributed by atoms with Gasteiger partial charge < -0.3 is 41.8 Å². The zero-order valence-electron chi connectivity index (χ0n) is 49.1. The Kier molecular flexibility index (Phi) is 38.0. The molecule has 8 atom stereocenters. The molecule has 2 aliphatic heterocycles. The number of rotatable bonds is 45. The molecule has 2 aliphatic rings. The second kappa shape index (κ2) is 42.3. The van der Waals surface area contributed by atoms with E-state index in [4.69, 9.17) is 44.8 Å². The van der Waals surface area contributed by atoms with Crippen molar-refractivity contribution < 1.29 is 73.2 Å². The molecule has 2 fully saturated rings. The van der Waals surface area contributed by atoms with E-state index in [0.717, 1.165) is 78.2 Å². The lowest BCUT2D eigenvalue weighted by atomic mass is 10.0. The molecule has 0 saturated carbocycles. The van der Waals surface area contributed by atoms with Gasteiger partial charge in [0.25, 0.3) is 0 Å². The smallest absolute Gasteiger partial charge is 0.381 e. The number of phosphoric ester groups is 2. The van der Waals surface area contributed by atoms with E-state index < -0.39 is 105 Å². The highest BCUT2D eigenvalue weighted by atomic mass is 32.2. The molecule has 4 heterocycles. The van der Waals surface area contributed by atoms with Gasteiger partial charge in [0.2, 0.25) is 0 Å². The number of carbonyl (C=O) groups is 1. The number of nitrogens with zero attached hydrogens (tertiary/aromatic N) is 4. The van der Waals surface area contributed by atoms with Crippen LogP contribution in [0.5, 0.6) is 0 Å². The fourth-order valence-electron chi connectivity index (χ4n) is 9.17. The molecule has 0 bridgehead atoms. The number of halogens is 5. The van der Waals surface area contributed by atoms with E-state index in [9.17, 15) is 55.3 Å². The van der Waals surface area contributed by atoms with Crippen LogP contribution in [0.3, 0.4) is 0 Å². The molecule has 0 aliphatic carbocycles. The van der Waals surface area contributed by atoms with Crippen molar-refractivity contribution in [2.75, 3.05) is 49.4 Å². The Morgan fingerprint density at radius 1 is 0.619 bits per heavy atom. The molecule has 21 nitrogen and oxygen atoms in total. The van der Waals surface area contributed by atoms with E-state index in [1.54, 1.807) is 0 Å². The van der Waals surface area contributed by atoms with Crippen molar-refractivity contribution in [3.05, 3.63) is 45.0 Å². The number of ether oxygens (including phenoxy) is 2. The van der Waals surface area contributed by atoms with Crippen LogP contribution < -0.4 is 33.9 Å². The standard InChI is InChI=1S/C28H47F4N4O7PS.C26H48FN4O6PS/c1-2-3-4-5-6-7-8-9-10-11-12-13-14-15-16-21(34-26(37)28(30,31)32)18-41-44(39,40)42-19-24-43-23(20-45-24)36-17-22(29)25(33)35-27(36)38;1-2-3-4-5-6-7-8-9-10-11-12-13-14-15-16-21(28)18-35-38(33,34)36-19-24-37-23(20-39-24)31-17-22(27)25(29)30-26(31)32/h17,21,23-24H,2-16,18-20H2,1H3,(H,34,37)(H,39,40)(H2,33,35,38);17,21,23-24H,2-16,18-20,28H2,1H3,(H,33,34)(H2,29,30,32)/t2*21-,23+,24?/m11/s1. The fourth-order valence-corrected chi connectivity index (χ4v) is 12.9. The Hall–Kier alpha value is -2.72. The number of unbranched alkanes of at least 4 members (excludes halogenated alkanes) is 26. The van der Waals surface area contributed by atoms with Crippen LogP contribution in [0.2, 0.25) is 0 Å². The maximum atomic E-state index is 13.7. The number of hydrogen-bond donors (Lipinski definition) is 6. The fraction of sp³-hybridized carbons (Fsp3) is 0.833. The highest BCUT2D eigenvalue weighted by Crippen LogP contribution is 2.46. The predicted octanol–water partition coefficient (Wildman–Crippen LogP) is 12.5. The number of aromatic nitrogens is 4. The van der Waals surface area contributed by atoms with Crippen molar-refractivity contribution in [1.82, 2.24) is 24.4 Å². The first-order chi connectivity index (χ1) is 40.0. The Morgan fingerprint density at radius 2 is 0.952 bits per heavy atom. The van der Waals surface area contributed by atoms with E-state index in [2.05, 4.69) is 23.8 Å². The van der Waals surface area contributed by atoms with E-state index >= 15 is 0 Å². The number of hydrogen-bond acceptors (Lipinski definition) is 18. The van der Waals surface area contributed by atoms with Gasteiger partial charge in [0.05, 0.1) is 44.9 Å². The average Bonchev–Trinajstić information content (AvgIpc) is 3.63. The van der Waals surface area contributed by atoms with Crippen LogP contribution in [0, 0.1) is 11.6 Å². The number of nitrogen functional groups attached to an aromatic ring is 2. The summed E-state index contributed by atoms with van der Waals surface area (Å²) in [6, 6.07) is -1.52. The molecule has 30 heteroatoms. The summed E-state index contributed by atoms with van der Waals surface area (Å²) in [7, 11) is -9.07. The SMILES string of the molecule is CCCCCCCCCCCCCCCC[C@@H](N)COP(=O)(O)OCC1O[C@H](n2cc(F)c(N)nc2=O)CS1.CCCCCCCCCCCCCCCC[C@H](COP(=O)(O)OCC1O[C@H](n2cc(F)c(N)nc2=O)CS1)NC(=O)C(F)(F)F. The van der Waals surface area contributed by atoms with E-state index in [0.29, 0.717) is 18.6 Å². The molecule has 0 radical (unpaired) electrons. The zero-order chi connectivity index (χ0) is 61.8. The molecule has 2 saturated heterocycles. The average molecular weight is 1290 g/mol. The largest absolute Gasteiger partial charge is 0.472 e. The molecule has 2 aromatic heterocycles. The summed E-state index contributed by atoms with van der Waals surface area (Å²) in [5.41, 5.74) is 13.5. The van der Waals surface area contributed by atoms with Crippen LogP contribution in [0.4, 0.5) is 33.6 Å². The van der Waals surface area contributed by atoms with Crippen molar-refractivity contribution >= 4 is 56.7 Å². The Bertz CT molecular complexity index is 2370. The van der Waals surface area contributed by atoms with E-state index in [1.807, 2.05) is 5.32 Å². The number of nitrogens with one attached hydrogen (secondary N) is 1. The van der Waals surface area contributed by atoms with Gasteiger partial charge in [-0.3, -0.25) is 32.0 Å². The lowest BCUT2D eigenvalue weighted by Crippen LogP contribution is -2.45. The third kappa shape index (κ3) is 33.0. The third-order valence-electron chi connectivity index (χ3n) is 14.0. The maximum absolute atomic E-state index is 13.7. The van der Waals surface area contributed by atoms with Crippen LogP contribution in [0.15, 0.2) is 22.0 Å². The zero-order valence-corrected chi connectivity index (χ0v) is 52.5. The number of alkyl halides is 3. The van der Waals surface area contributed by atoms with Gasteiger partial charge >= 0.3 is 39.1 Å². The monoisotopic (exact) mass is 1280 g/mol. The summed E-state index contributed by atoms with van der Waals surface area (Å²) in [6.45, 7) is 2.97. The van der Waals surface area contributed by atoms with Gasteiger partial charge in [0, 0.05) is 17.5 Å². The third-order valence-corrected chi connectivity index (χ3v) is 18.1. The van der Waals surface area contributed by atoms with Crippen LogP contribution in [-0.4, -0.2) is 102 Å². The summed E-state index contributed by atoms with van der Waals surface area (Å²) in [5, 5.41) is 1.83. The number of thioether (sulfide) groups is 2. The normalized spacial score (nSPS) is 19.4. The predicted molar refractivity (Wildman–Crippen MR) is 318 cm³/mol. The van der Waals surface area contributed by atoms with Gasteiger partial charge in [-0.2, -0.15) is 23.1 Å². The number of nitrogens with two attached hydrogens (primary N) is 3. The lowest BCUT2D eigenvalue weighted by molar-refractivity contribution is -0.174. The summed E-state index contributed by atoms with van der Waals surface area (Å²) < 4.78 is 124. The van der Waals surface area contributed by atoms with Gasteiger partial charge in [-0.25, -0.2) is 27.5 Å². The van der Waals surface area contributed by atoms with Gasteiger partial charge in [0.1, 0.15) is 23.3 Å². The Balaban J connectivity index is 0.000000445. The molecule has 1 amide bonds. The first kappa shape index (κ1) is 75.5. The Labute approximate surface area is 500 Å². The van der Waals surface area contributed by atoms with Gasteiger partial charge in [0.15, 0.2) is 23.3 Å². The number of amides is 1. The molecule has 486 valence electrons. The highest BCUT2D eigenvalue weighted by Gasteiger charge is 2.40. The van der Waals surface area contributed by atoms with Crippen molar-refractivity contribution in [2.45, 2.75) is 248 Å². The molecule has 4 unspecified atom stereocenters. The number of phosphoric acid groups is 2. The van der Waals surface area contributed by atoms with Crippen molar-refractivity contribution in [3.63, 3.8) is 0 Å². The molecule has 4 rings (SSSR count). The molecular weight excluding hydrogens is 1190 g/mol. The molecular formula is C54H95F5N8O13P2S2. The first-order valence-electron chi connectivity index (χ1n) is 30.0. The second-order valence-electron chi connectivity index (χ2n) is 21.4. The molecule has 2 aromatic rings. The van der Waals surface area contributed by atoms with E-state index in [1.165, 1.54) is 140 Å². The maximum Gasteiger partial charge on any atom is 0.472 e. The summed E-state index contributed by atoms with van der Waals surface area (Å²) in [5.74, 6) is -4.49. The van der Waals surface area contributed by atoms with Crippen LogP contribution in [0.25, 0.3) is 0 Å². The summed E-state index contributed by atoms with van der Waals surface area (Å²) in [6.07, 6.45) is 29.2. The van der Waals surface area contributed by atoms with Crippen molar-refractivity contribution in [2.24, 2.45) is 5.73 Å².